The van der Waals surface area contributed by atoms with E-state index in [2.05, 4.69) is 9.97 Å². The molecular formula is C14H18CuN2O8+2. The molecule has 8 N–H and O–H groups in total. The molecule has 0 aromatic carbocycles. The summed E-state index contributed by atoms with van der Waals surface area (Å²) in [6, 6.07) is 5.17. The van der Waals surface area contributed by atoms with Gasteiger partial charge in [-0.2, -0.15) is 0 Å². The van der Waals surface area contributed by atoms with Gasteiger partial charge in [-0.3, -0.25) is 9.97 Å². The van der Waals surface area contributed by atoms with Crippen molar-refractivity contribution in [2.45, 2.75) is 13.2 Å². The summed E-state index contributed by atoms with van der Waals surface area (Å²) < 4.78 is 0. The van der Waals surface area contributed by atoms with Gasteiger partial charge in [0, 0.05) is 23.5 Å². The second-order valence-corrected chi connectivity index (χ2v) is 3.96. The number of aromatic carboxylic acids is 2. The van der Waals surface area contributed by atoms with E-state index in [-0.39, 0.29) is 52.4 Å². The van der Waals surface area contributed by atoms with Gasteiger partial charge in [0.05, 0.1) is 36.5 Å². The molecule has 0 unspecified atom stereocenters. The summed E-state index contributed by atoms with van der Waals surface area (Å²) in [7, 11) is 0. The number of aliphatic hydroxyl groups is 2. The fourth-order valence-electron chi connectivity index (χ4n) is 1.38. The van der Waals surface area contributed by atoms with Crippen LogP contribution in [0.2, 0.25) is 0 Å². The summed E-state index contributed by atoms with van der Waals surface area (Å²) in [6.07, 6.45) is 2.63. The van der Waals surface area contributed by atoms with E-state index in [1.165, 1.54) is 36.7 Å². The Kier molecular flexibility index (Phi) is 15.4. The van der Waals surface area contributed by atoms with Crippen LogP contribution in [0.15, 0.2) is 36.7 Å². The van der Waals surface area contributed by atoms with Crippen molar-refractivity contribution in [3.8, 4) is 0 Å². The quantitative estimate of drug-likeness (QED) is 0.377. The van der Waals surface area contributed by atoms with E-state index in [4.69, 9.17) is 10.2 Å². The van der Waals surface area contributed by atoms with Crippen LogP contribution < -0.4 is 10.2 Å². The van der Waals surface area contributed by atoms with Gasteiger partial charge in [0.2, 0.25) is 0 Å². The predicted octanol–water partition coefficient (Wildman–Crippen LogP) is -3.97. The molecule has 11 heteroatoms. The third-order valence-corrected chi connectivity index (χ3v) is 2.43. The molecule has 0 atom stereocenters. The maximum absolute atomic E-state index is 10.2. The predicted molar refractivity (Wildman–Crippen MR) is 78.7 cm³/mol. The minimum atomic E-state index is -1.26. The van der Waals surface area contributed by atoms with E-state index in [1.54, 1.807) is 0 Å². The van der Waals surface area contributed by atoms with E-state index < -0.39 is 11.9 Å². The maximum atomic E-state index is 10.2. The number of carbonyl (C=O) groups is 2. The summed E-state index contributed by atoms with van der Waals surface area (Å²) >= 11 is 0. The molecule has 0 fully saturated rings. The van der Waals surface area contributed by atoms with Crippen molar-refractivity contribution in [2.24, 2.45) is 0 Å². The zero-order chi connectivity index (χ0) is 16.5. The van der Waals surface area contributed by atoms with Crippen LogP contribution >= 0.6 is 0 Å². The minimum Gasteiger partial charge on any atom is -0.545 e. The second kappa shape index (κ2) is 14.0. The van der Waals surface area contributed by atoms with Crippen molar-refractivity contribution in [1.29, 1.82) is 0 Å². The Labute approximate surface area is 152 Å². The Morgan fingerprint density at radius 3 is 1.40 bits per heavy atom. The number of aliphatic hydroxyl groups excluding tert-OH is 2. The van der Waals surface area contributed by atoms with Crippen LogP contribution in [0, 0.1) is 0 Å². The van der Waals surface area contributed by atoms with Gasteiger partial charge in [0.15, 0.2) is 0 Å². The van der Waals surface area contributed by atoms with Gasteiger partial charge in [0.1, 0.15) is 0 Å². The van der Waals surface area contributed by atoms with Crippen LogP contribution in [-0.2, 0) is 41.2 Å². The number of nitrogens with zero attached hydrogens (tertiary/aromatic N) is 2. The Bertz CT molecular complexity index is 611. The van der Waals surface area contributed by atoms with Crippen molar-refractivity contribution >= 4 is 11.9 Å². The molecule has 25 heavy (non-hydrogen) atoms. The third kappa shape index (κ3) is 9.47. The minimum absolute atomic E-state index is 0. The molecule has 0 aliphatic carbocycles. The van der Waals surface area contributed by atoms with Crippen LogP contribution in [0.4, 0.5) is 0 Å². The molecule has 0 amide bonds. The fourth-order valence-corrected chi connectivity index (χ4v) is 1.38. The van der Waals surface area contributed by atoms with E-state index >= 15 is 0 Å². The van der Waals surface area contributed by atoms with Crippen molar-refractivity contribution < 1.29 is 58.0 Å². The molecule has 0 aliphatic heterocycles. The standard InChI is InChI=1S/2C7H7NO3.Cu.2H2O/c2*9-4-6-3-5(7(10)11)1-2-8-6;;;/h2*1-3,9H,4H2,(H,10,11);;2*1H2/q;;+2;;. The molecule has 0 spiro atoms. The Balaban J connectivity index is -0.000000346. The molecule has 141 valence electrons. The van der Waals surface area contributed by atoms with Gasteiger partial charge >= 0.3 is 17.1 Å². The Hall–Kier alpha value is -2.40. The maximum Gasteiger partial charge on any atom is 2.00 e. The second-order valence-electron chi connectivity index (χ2n) is 3.96. The summed E-state index contributed by atoms with van der Waals surface area (Å²) in [5.41, 5.74) is 0.714. The molecular weight excluding hydrogens is 388 g/mol. The zero-order valence-corrected chi connectivity index (χ0v) is 13.7. The van der Waals surface area contributed by atoms with Crippen molar-refractivity contribution in [1.82, 2.24) is 9.97 Å². The van der Waals surface area contributed by atoms with Crippen LogP contribution in [0.3, 0.4) is 0 Å². The molecule has 2 rings (SSSR count). The summed E-state index contributed by atoms with van der Waals surface area (Å²) in [5.74, 6) is -2.52. The van der Waals surface area contributed by atoms with Crippen LogP contribution in [0.5, 0.6) is 0 Å². The van der Waals surface area contributed by atoms with Gasteiger partial charge in [-0.25, -0.2) is 0 Å². The summed E-state index contributed by atoms with van der Waals surface area (Å²) in [5, 5.41) is 37.6. The number of carbonyl (C=O) groups excluding carboxylic acids is 2. The molecule has 10 nitrogen and oxygen atoms in total. The average molecular weight is 406 g/mol. The number of carboxylic acid groups (broad SMARTS) is 2. The molecule has 0 saturated heterocycles. The molecule has 1 radical (unpaired) electrons. The van der Waals surface area contributed by atoms with Crippen LogP contribution in [0.25, 0.3) is 0 Å². The number of carboxylic acids is 2. The topological polar surface area (TPSA) is 212 Å². The zero-order valence-electron chi connectivity index (χ0n) is 12.8. The van der Waals surface area contributed by atoms with Gasteiger partial charge in [-0.1, -0.05) is 0 Å². The number of pyridine rings is 2. The van der Waals surface area contributed by atoms with Gasteiger partial charge < -0.3 is 41.0 Å². The first-order valence-electron chi connectivity index (χ1n) is 6.02. The first-order chi connectivity index (χ1) is 10.5. The molecule has 0 saturated carbocycles. The first kappa shape index (κ1) is 27.4. The van der Waals surface area contributed by atoms with Crippen LogP contribution in [-0.4, -0.2) is 32.1 Å². The van der Waals surface area contributed by atoms with Gasteiger partial charge in [-0.05, 0) is 24.3 Å². The van der Waals surface area contributed by atoms with Crippen LogP contribution in [0.1, 0.15) is 32.1 Å². The van der Waals surface area contributed by atoms with E-state index in [0.717, 1.165) is 0 Å². The first-order valence-corrected chi connectivity index (χ1v) is 6.02. The SMILES string of the molecule is O=C([O-])c1ccnc(CO)c1.O=C([O-])c1ccnc(CO)c1.[Cu+2].[OH3+].[OH3+]. The fraction of sp³-hybridized carbons (Fsp3) is 0.143. The van der Waals surface area contributed by atoms with E-state index in [9.17, 15) is 19.8 Å². The van der Waals surface area contributed by atoms with Crippen molar-refractivity contribution in [3.63, 3.8) is 0 Å². The van der Waals surface area contributed by atoms with E-state index in [0.29, 0.717) is 11.4 Å². The monoisotopic (exact) mass is 405 g/mol. The number of aromatic nitrogens is 2. The van der Waals surface area contributed by atoms with Gasteiger partial charge in [-0.15, -0.1) is 0 Å². The smallest absolute Gasteiger partial charge is 0.545 e. The molecule has 0 aliphatic rings. The Morgan fingerprint density at radius 1 is 0.840 bits per heavy atom. The molecule has 2 aromatic heterocycles. The molecule has 2 heterocycles. The summed E-state index contributed by atoms with van der Waals surface area (Å²) in [4.78, 5) is 27.9. The Morgan fingerprint density at radius 2 is 1.16 bits per heavy atom. The summed E-state index contributed by atoms with van der Waals surface area (Å²) in [6.45, 7) is -0.526. The third-order valence-electron chi connectivity index (χ3n) is 2.43. The molecule has 0 bridgehead atoms. The van der Waals surface area contributed by atoms with Crippen molar-refractivity contribution in [2.75, 3.05) is 0 Å². The number of rotatable bonds is 4. The van der Waals surface area contributed by atoms with Crippen molar-refractivity contribution in [3.05, 3.63) is 59.2 Å². The van der Waals surface area contributed by atoms with Gasteiger partial charge in [0.25, 0.3) is 0 Å². The van der Waals surface area contributed by atoms with E-state index in [1.807, 2.05) is 0 Å². The average Bonchev–Trinajstić information content (AvgIpc) is 2.55. The molecule has 2 aromatic rings. The largest absolute Gasteiger partial charge is 2.00 e. The number of hydrogen-bond acceptors (Lipinski definition) is 8. The normalized spacial score (nSPS) is 8.40. The number of hydrogen-bond donors (Lipinski definition) is 2.